The molecule has 19 heavy (non-hydrogen) atoms. The van der Waals surface area contributed by atoms with Gasteiger partial charge in [0.05, 0.1) is 18.8 Å². The molecule has 1 saturated carbocycles. The highest BCUT2D eigenvalue weighted by atomic mass is 16.5. The monoisotopic (exact) mass is 264 g/mol. The highest BCUT2D eigenvalue weighted by Crippen LogP contribution is 2.24. The average molecular weight is 264 g/mol. The second-order valence-electron chi connectivity index (χ2n) is 4.98. The Morgan fingerprint density at radius 2 is 2.21 bits per heavy atom. The number of aliphatic hydroxyl groups is 1. The van der Waals surface area contributed by atoms with E-state index in [1.165, 1.54) is 7.11 Å². The molecule has 104 valence electrons. The summed E-state index contributed by atoms with van der Waals surface area (Å²) < 4.78 is 4.68. The maximum atomic E-state index is 11.4. The Balaban J connectivity index is 1.87. The minimum absolute atomic E-state index is 0.128. The van der Waals surface area contributed by atoms with E-state index in [0.717, 1.165) is 32.2 Å². The summed E-state index contributed by atoms with van der Waals surface area (Å²) in [6, 6.07) is 3.33. The maximum Gasteiger partial charge on any atom is 0.338 e. The molecule has 1 aliphatic rings. The Kier molecular flexibility index (Phi) is 4.74. The van der Waals surface area contributed by atoms with Crippen LogP contribution in [0, 0.1) is 5.92 Å². The SMILES string of the molecule is COC(=O)c1ccnc(NCC2CCC(O)CC2)c1. The summed E-state index contributed by atoms with van der Waals surface area (Å²) in [4.78, 5) is 15.6. The topological polar surface area (TPSA) is 71.5 Å². The zero-order valence-electron chi connectivity index (χ0n) is 11.1. The molecule has 0 saturated heterocycles. The minimum Gasteiger partial charge on any atom is -0.465 e. The average Bonchev–Trinajstić information content (AvgIpc) is 2.46. The fourth-order valence-electron chi connectivity index (χ4n) is 2.37. The number of pyridine rings is 1. The lowest BCUT2D eigenvalue weighted by Crippen LogP contribution is -2.23. The van der Waals surface area contributed by atoms with Gasteiger partial charge in [-0.3, -0.25) is 0 Å². The zero-order chi connectivity index (χ0) is 13.7. The van der Waals surface area contributed by atoms with E-state index in [9.17, 15) is 9.90 Å². The van der Waals surface area contributed by atoms with E-state index >= 15 is 0 Å². The number of ether oxygens (including phenoxy) is 1. The van der Waals surface area contributed by atoms with Gasteiger partial charge in [0, 0.05) is 12.7 Å². The smallest absolute Gasteiger partial charge is 0.338 e. The van der Waals surface area contributed by atoms with Gasteiger partial charge in [-0.15, -0.1) is 0 Å². The first-order chi connectivity index (χ1) is 9.19. The summed E-state index contributed by atoms with van der Waals surface area (Å²) >= 11 is 0. The van der Waals surface area contributed by atoms with Crippen molar-refractivity contribution in [3.63, 3.8) is 0 Å². The number of hydrogen-bond acceptors (Lipinski definition) is 5. The molecule has 5 heteroatoms. The van der Waals surface area contributed by atoms with Crippen molar-refractivity contribution in [2.75, 3.05) is 19.0 Å². The molecule has 1 aromatic rings. The van der Waals surface area contributed by atoms with Crippen molar-refractivity contribution < 1.29 is 14.6 Å². The summed E-state index contributed by atoms with van der Waals surface area (Å²) in [6.45, 7) is 0.824. The molecular formula is C14H20N2O3. The fraction of sp³-hybridized carbons (Fsp3) is 0.571. The number of anilines is 1. The number of carbonyl (C=O) groups is 1. The Hall–Kier alpha value is -1.62. The summed E-state index contributed by atoms with van der Waals surface area (Å²) in [7, 11) is 1.36. The van der Waals surface area contributed by atoms with Crippen LogP contribution in [0.2, 0.25) is 0 Å². The largest absolute Gasteiger partial charge is 0.465 e. The van der Waals surface area contributed by atoms with E-state index in [1.54, 1.807) is 18.3 Å². The second-order valence-corrected chi connectivity index (χ2v) is 4.98. The second kappa shape index (κ2) is 6.52. The Labute approximate surface area is 113 Å². The van der Waals surface area contributed by atoms with Crippen LogP contribution in [0.4, 0.5) is 5.82 Å². The van der Waals surface area contributed by atoms with Gasteiger partial charge in [-0.2, -0.15) is 0 Å². The summed E-state index contributed by atoms with van der Waals surface area (Å²) in [5.41, 5.74) is 0.499. The standard InChI is InChI=1S/C14H20N2O3/c1-19-14(18)11-6-7-15-13(8-11)16-9-10-2-4-12(17)5-3-10/h6-8,10,12,17H,2-5,9H2,1H3,(H,15,16). The van der Waals surface area contributed by atoms with E-state index < -0.39 is 0 Å². The number of esters is 1. The van der Waals surface area contributed by atoms with Crippen LogP contribution >= 0.6 is 0 Å². The predicted molar refractivity (Wildman–Crippen MR) is 72.0 cm³/mol. The van der Waals surface area contributed by atoms with Crippen molar-refractivity contribution in [1.29, 1.82) is 0 Å². The minimum atomic E-state index is -0.355. The van der Waals surface area contributed by atoms with Crippen LogP contribution < -0.4 is 5.32 Å². The van der Waals surface area contributed by atoms with Crippen LogP contribution in [-0.2, 0) is 4.74 Å². The van der Waals surface area contributed by atoms with E-state index in [0.29, 0.717) is 17.3 Å². The third-order valence-electron chi connectivity index (χ3n) is 3.57. The van der Waals surface area contributed by atoms with Gasteiger partial charge in [0.25, 0.3) is 0 Å². The van der Waals surface area contributed by atoms with Gasteiger partial charge < -0.3 is 15.2 Å². The molecule has 0 bridgehead atoms. The predicted octanol–water partition coefficient (Wildman–Crippen LogP) is 1.83. The number of hydrogen-bond donors (Lipinski definition) is 2. The molecule has 0 amide bonds. The van der Waals surface area contributed by atoms with Gasteiger partial charge in [0.15, 0.2) is 0 Å². The van der Waals surface area contributed by atoms with Crippen LogP contribution in [0.25, 0.3) is 0 Å². The molecule has 1 heterocycles. The molecule has 0 spiro atoms. The van der Waals surface area contributed by atoms with Crippen molar-refractivity contribution >= 4 is 11.8 Å². The number of nitrogens with one attached hydrogen (secondary N) is 1. The van der Waals surface area contributed by atoms with Crippen molar-refractivity contribution in [2.45, 2.75) is 31.8 Å². The van der Waals surface area contributed by atoms with Crippen molar-refractivity contribution in [1.82, 2.24) is 4.98 Å². The number of carbonyl (C=O) groups excluding carboxylic acids is 1. The molecule has 5 nitrogen and oxygen atoms in total. The molecule has 2 rings (SSSR count). The summed E-state index contributed by atoms with van der Waals surface area (Å²) in [5.74, 6) is 0.896. The lowest BCUT2D eigenvalue weighted by molar-refractivity contribution is 0.0600. The van der Waals surface area contributed by atoms with Crippen molar-refractivity contribution in [2.24, 2.45) is 5.92 Å². The molecule has 0 aliphatic heterocycles. The molecule has 0 aromatic carbocycles. The highest BCUT2D eigenvalue weighted by Gasteiger charge is 2.19. The van der Waals surface area contributed by atoms with Crippen molar-refractivity contribution in [3.05, 3.63) is 23.9 Å². The number of aliphatic hydroxyl groups excluding tert-OH is 1. The quantitative estimate of drug-likeness (QED) is 0.812. The van der Waals surface area contributed by atoms with E-state index in [-0.39, 0.29) is 12.1 Å². The Morgan fingerprint density at radius 3 is 2.89 bits per heavy atom. The van der Waals surface area contributed by atoms with Crippen LogP contribution in [0.1, 0.15) is 36.0 Å². The molecule has 1 aliphatic carbocycles. The van der Waals surface area contributed by atoms with Crippen LogP contribution in [0.15, 0.2) is 18.3 Å². The molecule has 1 aromatic heterocycles. The molecular weight excluding hydrogens is 244 g/mol. The number of methoxy groups -OCH3 is 1. The maximum absolute atomic E-state index is 11.4. The van der Waals surface area contributed by atoms with Gasteiger partial charge in [-0.25, -0.2) is 9.78 Å². The normalized spacial score (nSPS) is 22.8. The molecule has 0 atom stereocenters. The lowest BCUT2D eigenvalue weighted by Gasteiger charge is -2.25. The van der Waals surface area contributed by atoms with Crippen LogP contribution in [-0.4, -0.2) is 35.8 Å². The number of rotatable bonds is 4. The van der Waals surface area contributed by atoms with Gasteiger partial charge >= 0.3 is 5.97 Å². The number of nitrogens with zero attached hydrogens (tertiary/aromatic N) is 1. The van der Waals surface area contributed by atoms with Gasteiger partial charge in [-0.1, -0.05) is 0 Å². The Morgan fingerprint density at radius 1 is 1.47 bits per heavy atom. The van der Waals surface area contributed by atoms with Crippen LogP contribution in [0.5, 0.6) is 0 Å². The zero-order valence-corrected chi connectivity index (χ0v) is 11.1. The molecule has 0 radical (unpaired) electrons. The molecule has 1 fully saturated rings. The first kappa shape index (κ1) is 13.8. The van der Waals surface area contributed by atoms with Crippen LogP contribution in [0.3, 0.4) is 0 Å². The van der Waals surface area contributed by atoms with Gasteiger partial charge in [-0.05, 0) is 43.7 Å². The fourth-order valence-corrected chi connectivity index (χ4v) is 2.37. The van der Waals surface area contributed by atoms with Crippen molar-refractivity contribution in [3.8, 4) is 0 Å². The molecule has 0 unspecified atom stereocenters. The summed E-state index contributed by atoms with van der Waals surface area (Å²) in [5, 5.41) is 12.7. The van der Waals surface area contributed by atoms with E-state index in [2.05, 4.69) is 15.0 Å². The van der Waals surface area contributed by atoms with Gasteiger partial charge in [0.1, 0.15) is 5.82 Å². The van der Waals surface area contributed by atoms with Gasteiger partial charge in [0.2, 0.25) is 0 Å². The Bertz CT molecular complexity index is 428. The first-order valence-corrected chi connectivity index (χ1v) is 6.65. The highest BCUT2D eigenvalue weighted by molar-refractivity contribution is 5.89. The summed E-state index contributed by atoms with van der Waals surface area (Å²) in [6.07, 6.45) is 5.29. The third kappa shape index (κ3) is 3.92. The molecule has 2 N–H and O–H groups in total. The lowest BCUT2D eigenvalue weighted by atomic mass is 9.87. The number of aromatic nitrogens is 1. The van der Waals surface area contributed by atoms with E-state index in [4.69, 9.17) is 0 Å². The first-order valence-electron chi connectivity index (χ1n) is 6.65. The third-order valence-corrected chi connectivity index (χ3v) is 3.57. The van der Waals surface area contributed by atoms with E-state index in [1.807, 2.05) is 0 Å².